The number of nitrogens with zero attached hydrogens (tertiary/aromatic N) is 3. The molecule has 0 fully saturated rings. The summed E-state index contributed by atoms with van der Waals surface area (Å²) in [6.07, 6.45) is 2.36. The van der Waals surface area contributed by atoms with Gasteiger partial charge in [0.05, 0.1) is 33.9 Å². The van der Waals surface area contributed by atoms with Gasteiger partial charge in [-0.1, -0.05) is 30.0 Å². The molecule has 0 saturated heterocycles. The van der Waals surface area contributed by atoms with E-state index < -0.39 is 0 Å². The molecule has 0 spiro atoms. The third-order valence-electron chi connectivity index (χ3n) is 5.35. The number of aromatic nitrogens is 3. The average Bonchev–Trinajstić information content (AvgIpc) is 3.09. The van der Waals surface area contributed by atoms with Gasteiger partial charge in [-0.2, -0.15) is 0 Å². The number of aryl methyl sites for hydroxylation is 1. The van der Waals surface area contributed by atoms with Crippen LogP contribution in [0.3, 0.4) is 0 Å². The van der Waals surface area contributed by atoms with Crippen molar-refractivity contribution in [2.24, 2.45) is 0 Å². The maximum atomic E-state index is 12.5. The number of pyridine rings is 1. The van der Waals surface area contributed by atoms with Gasteiger partial charge in [0, 0.05) is 23.1 Å². The molecule has 1 N–H and O–H groups in total. The molecule has 1 aromatic carbocycles. The van der Waals surface area contributed by atoms with E-state index in [9.17, 15) is 4.79 Å². The fourth-order valence-electron chi connectivity index (χ4n) is 3.70. The molecule has 8 heteroatoms. The summed E-state index contributed by atoms with van der Waals surface area (Å²) in [6.45, 7) is 6.73. The molecule has 0 bridgehead atoms. The van der Waals surface area contributed by atoms with Crippen LogP contribution >= 0.6 is 23.1 Å². The van der Waals surface area contributed by atoms with Crippen LogP contribution in [0.4, 0.5) is 5.69 Å². The average molecular weight is 451 g/mol. The quantitative estimate of drug-likeness (QED) is 0.343. The number of ether oxygens (including phenoxy) is 1. The number of fused-ring (bicyclic) bond motifs is 4. The Kier molecular flexibility index (Phi) is 5.16. The topological polar surface area (TPSA) is 77.0 Å². The first kappa shape index (κ1) is 20.4. The molecule has 0 saturated carbocycles. The molecule has 1 amide bonds. The molecule has 0 aliphatic carbocycles. The summed E-state index contributed by atoms with van der Waals surface area (Å²) < 4.78 is 6.93. The number of thioether (sulfide) groups is 1. The number of nitrogens with one attached hydrogen (secondary N) is 1. The number of carbonyl (C=O) groups excluding carboxylic acids is 1. The number of benzene rings is 1. The number of amides is 1. The smallest absolute Gasteiger partial charge is 0.234 e. The Morgan fingerprint density at radius 3 is 2.97 bits per heavy atom. The lowest BCUT2D eigenvalue weighted by molar-refractivity contribution is -0.113. The molecule has 1 aliphatic heterocycles. The second-order valence-electron chi connectivity index (χ2n) is 8.28. The van der Waals surface area contributed by atoms with Gasteiger partial charge in [0.2, 0.25) is 5.91 Å². The lowest BCUT2D eigenvalue weighted by Gasteiger charge is -2.30. The van der Waals surface area contributed by atoms with Crippen molar-refractivity contribution < 1.29 is 9.53 Å². The van der Waals surface area contributed by atoms with Crippen molar-refractivity contribution in [2.45, 2.75) is 44.4 Å². The van der Waals surface area contributed by atoms with Crippen LogP contribution in [0.1, 0.15) is 30.7 Å². The van der Waals surface area contributed by atoms with Crippen molar-refractivity contribution in [3.05, 3.63) is 53.5 Å². The Morgan fingerprint density at radius 2 is 2.13 bits per heavy atom. The Bertz CT molecular complexity index is 1320. The molecule has 0 atom stereocenters. The minimum absolute atomic E-state index is 0.0554. The van der Waals surface area contributed by atoms with E-state index >= 15 is 0 Å². The zero-order valence-corrected chi connectivity index (χ0v) is 19.2. The van der Waals surface area contributed by atoms with Crippen molar-refractivity contribution >= 4 is 55.1 Å². The van der Waals surface area contributed by atoms with Gasteiger partial charge in [-0.05, 0) is 38.5 Å². The first-order valence-corrected chi connectivity index (χ1v) is 11.9. The van der Waals surface area contributed by atoms with Crippen LogP contribution < -0.4 is 5.32 Å². The predicted octanol–water partition coefficient (Wildman–Crippen LogP) is 5.13. The van der Waals surface area contributed by atoms with Gasteiger partial charge in [0.25, 0.3) is 0 Å². The van der Waals surface area contributed by atoms with E-state index in [1.807, 2.05) is 31.2 Å². The highest BCUT2D eigenvalue weighted by molar-refractivity contribution is 8.00. The van der Waals surface area contributed by atoms with E-state index in [-0.39, 0.29) is 17.3 Å². The maximum absolute atomic E-state index is 12.5. The van der Waals surface area contributed by atoms with Crippen molar-refractivity contribution in [1.29, 1.82) is 0 Å². The summed E-state index contributed by atoms with van der Waals surface area (Å²) in [4.78, 5) is 27.3. The van der Waals surface area contributed by atoms with E-state index in [0.717, 1.165) is 54.4 Å². The molecule has 4 aromatic rings. The van der Waals surface area contributed by atoms with Crippen molar-refractivity contribution in [1.82, 2.24) is 15.0 Å². The van der Waals surface area contributed by atoms with E-state index in [0.29, 0.717) is 6.61 Å². The number of para-hydroxylation sites is 1. The summed E-state index contributed by atoms with van der Waals surface area (Å²) in [6, 6.07) is 9.91. The van der Waals surface area contributed by atoms with Gasteiger partial charge in [-0.25, -0.2) is 15.0 Å². The van der Waals surface area contributed by atoms with Crippen LogP contribution in [0.15, 0.2) is 41.7 Å². The molecule has 5 rings (SSSR count). The molecule has 158 valence electrons. The summed E-state index contributed by atoms with van der Waals surface area (Å²) in [7, 11) is 0. The van der Waals surface area contributed by atoms with E-state index in [4.69, 9.17) is 9.72 Å². The summed E-state index contributed by atoms with van der Waals surface area (Å²) in [5.74, 6) is 0.223. The monoisotopic (exact) mass is 450 g/mol. The number of carbonyl (C=O) groups is 1. The van der Waals surface area contributed by atoms with Gasteiger partial charge < -0.3 is 10.1 Å². The molecule has 6 nitrogen and oxygen atoms in total. The number of rotatable bonds is 4. The van der Waals surface area contributed by atoms with Crippen LogP contribution in [0, 0.1) is 6.92 Å². The Labute approximate surface area is 188 Å². The first-order chi connectivity index (χ1) is 14.9. The number of thiophene rings is 1. The summed E-state index contributed by atoms with van der Waals surface area (Å²) in [5, 5.41) is 4.81. The highest BCUT2D eigenvalue weighted by Gasteiger charge is 2.28. The molecule has 1 aliphatic rings. The highest BCUT2D eigenvalue weighted by atomic mass is 32.2. The molecular formula is C23H22N4O2S2. The number of anilines is 1. The second-order valence-corrected chi connectivity index (χ2v) is 10.2. The first-order valence-electron chi connectivity index (χ1n) is 10.1. The zero-order valence-electron chi connectivity index (χ0n) is 17.6. The Morgan fingerprint density at radius 1 is 1.29 bits per heavy atom. The van der Waals surface area contributed by atoms with Crippen molar-refractivity contribution in [3.63, 3.8) is 0 Å². The molecule has 31 heavy (non-hydrogen) atoms. The lowest BCUT2D eigenvalue weighted by Crippen LogP contribution is -2.32. The highest BCUT2D eigenvalue weighted by Crippen LogP contribution is 2.38. The molecule has 3 aromatic heterocycles. The van der Waals surface area contributed by atoms with Crippen LogP contribution in [-0.4, -0.2) is 32.2 Å². The number of hydrogen-bond donors (Lipinski definition) is 1. The van der Waals surface area contributed by atoms with Crippen LogP contribution in [-0.2, 0) is 22.6 Å². The van der Waals surface area contributed by atoms with Gasteiger partial charge in [0.15, 0.2) is 0 Å². The number of hydrogen-bond acceptors (Lipinski definition) is 7. The molecule has 4 heterocycles. The fraction of sp³-hybridized carbons (Fsp3) is 0.304. The molecular weight excluding hydrogens is 428 g/mol. The van der Waals surface area contributed by atoms with Crippen LogP contribution in [0.25, 0.3) is 20.4 Å². The molecule has 0 unspecified atom stereocenters. The van der Waals surface area contributed by atoms with E-state index in [1.165, 1.54) is 11.8 Å². The van der Waals surface area contributed by atoms with Crippen LogP contribution in [0.2, 0.25) is 0 Å². The van der Waals surface area contributed by atoms with Gasteiger partial charge in [0.1, 0.15) is 16.2 Å². The van der Waals surface area contributed by atoms with Gasteiger partial charge in [-0.3, -0.25) is 4.79 Å². The van der Waals surface area contributed by atoms with Gasteiger partial charge >= 0.3 is 0 Å². The normalized spacial score (nSPS) is 15.2. The van der Waals surface area contributed by atoms with Gasteiger partial charge in [-0.15, -0.1) is 11.3 Å². The third kappa shape index (κ3) is 4.03. The van der Waals surface area contributed by atoms with Crippen LogP contribution in [0.5, 0.6) is 0 Å². The second kappa shape index (κ2) is 7.85. The van der Waals surface area contributed by atoms with Crippen molar-refractivity contribution in [3.8, 4) is 0 Å². The third-order valence-corrected chi connectivity index (χ3v) is 7.57. The lowest BCUT2D eigenvalue weighted by atomic mass is 9.95. The largest absolute Gasteiger partial charge is 0.370 e. The zero-order chi connectivity index (χ0) is 21.6. The standard InChI is InChI=1S/C23H22N4O2S2/c1-13-6-4-5-7-16(13)26-18(28)11-30-22-20-19(24-12-25-22)15-8-14-10-29-23(2,3)9-17(14)27-21(15)31-20/h4-8,12H,9-11H2,1-3H3,(H,26,28). The Balaban J connectivity index is 1.42. The SMILES string of the molecule is Cc1ccccc1NC(=O)CSc1ncnc2c1sc1nc3c(cc12)COC(C)(C)C3. The predicted molar refractivity (Wildman–Crippen MR) is 126 cm³/mol. The summed E-state index contributed by atoms with van der Waals surface area (Å²) in [5.41, 5.74) is 4.78. The van der Waals surface area contributed by atoms with E-state index in [2.05, 4.69) is 35.2 Å². The summed E-state index contributed by atoms with van der Waals surface area (Å²) >= 11 is 3.02. The molecule has 0 radical (unpaired) electrons. The maximum Gasteiger partial charge on any atom is 0.234 e. The Hall–Kier alpha value is -2.55. The van der Waals surface area contributed by atoms with Crippen molar-refractivity contribution in [2.75, 3.05) is 11.1 Å². The van der Waals surface area contributed by atoms with E-state index in [1.54, 1.807) is 17.7 Å². The minimum Gasteiger partial charge on any atom is -0.370 e. The fourth-order valence-corrected chi connectivity index (χ4v) is 5.71. The minimum atomic E-state index is -0.199.